The Morgan fingerprint density at radius 2 is 2.18 bits per heavy atom. The van der Waals surface area contributed by atoms with Crippen LogP contribution in [0.15, 0.2) is 37.0 Å². The maximum absolute atomic E-state index is 11.1. The van der Waals surface area contributed by atoms with Crippen LogP contribution < -0.4 is 0 Å². The summed E-state index contributed by atoms with van der Waals surface area (Å²) in [6.45, 7) is 7.79. The molecule has 0 bridgehead atoms. The fourth-order valence-electron chi connectivity index (χ4n) is 1.78. The molecule has 5 heteroatoms. The van der Waals surface area contributed by atoms with E-state index >= 15 is 0 Å². The average molecular weight is 258 g/mol. The molecule has 0 amide bonds. The monoisotopic (exact) mass is 258 g/mol. The van der Waals surface area contributed by atoms with Crippen LogP contribution in [0.1, 0.15) is 12.8 Å². The molecule has 0 spiro atoms. The summed E-state index contributed by atoms with van der Waals surface area (Å²) in [6, 6.07) is 0. The first-order valence-corrected chi connectivity index (χ1v) is 7.23. The van der Waals surface area contributed by atoms with Crippen molar-refractivity contribution >= 4 is 10.1 Å². The van der Waals surface area contributed by atoms with Crippen LogP contribution in [0, 0.1) is 0 Å². The van der Waals surface area contributed by atoms with Gasteiger partial charge in [-0.3, -0.25) is 4.18 Å². The van der Waals surface area contributed by atoms with Gasteiger partial charge in [0.2, 0.25) is 0 Å². The summed E-state index contributed by atoms with van der Waals surface area (Å²) < 4.78 is 32.7. The summed E-state index contributed by atoms with van der Waals surface area (Å²) >= 11 is 0. The lowest BCUT2D eigenvalue weighted by Gasteiger charge is -2.29. The van der Waals surface area contributed by atoms with Crippen LogP contribution in [0.3, 0.4) is 0 Å². The number of allylic oxidation sites excluding steroid dienone is 2. The summed E-state index contributed by atoms with van der Waals surface area (Å²) in [5.41, 5.74) is 0.891. The predicted octanol–water partition coefficient (Wildman–Crippen LogP) is 1.81. The zero-order valence-corrected chi connectivity index (χ0v) is 10.8. The van der Waals surface area contributed by atoms with Gasteiger partial charge in [-0.2, -0.15) is 8.42 Å². The van der Waals surface area contributed by atoms with E-state index in [9.17, 15) is 8.42 Å². The van der Waals surface area contributed by atoms with Crippen molar-refractivity contribution in [3.05, 3.63) is 37.0 Å². The van der Waals surface area contributed by atoms with E-state index in [0.717, 1.165) is 11.8 Å². The van der Waals surface area contributed by atoms with Crippen molar-refractivity contribution in [2.24, 2.45) is 0 Å². The number of hydrogen-bond acceptors (Lipinski definition) is 4. The van der Waals surface area contributed by atoms with Gasteiger partial charge in [-0.1, -0.05) is 31.4 Å². The van der Waals surface area contributed by atoms with E-state index in [1.807, 2.05) is 0 Å². The second kappa shape index (κ2) is 6.14. The molecule has 1 aliphatic heterocycles. The van der Waals surface area contributed by atoms with Crippen LogP contribution in [0.25, 0.3) is 0 Å². The third kappa shape index (κ3) is 4.85. The Labute approximate surface area is 103 Å². The summed E-state index contributed by atoms with van der Waals surface area (Å²) in [4.78, 5) is 0. The number of rotatable bonds is 5. The van der Waals surface area contributed by atoms with Gasteiger partial charge in [-0.05, 0) is 12.0 Å². The number of hydrogen-bond donors (Lipinski definition) is 0. The van der Waals surface area contributed by atoms with Gasteiger partial charge in [-0.25, -0.2) is 0 Å². The van der Waals surface area contributed by atoms with Crippen LogP contribution in [0.4, 0.5) is 0 Å². The van der Waals surface area contributed by atoms with E-state index in [0.29, 0.717) is 19.4 Å². The minimum absolute atomic E-state index is 0.175. The van der Waals surface area contributed by atoms with Crippen molar-refractivity contribution in [1.82, 2.24) is 0 Å². The van der Waals surface area contributed by atoms with Crippen molar-refractivity contribution < 1.29 is 17.3 Å². The maximum Gasteiger partial charge on any atom is 0.264 e. The molecule has 1 saturated heterocycles. The Balaban J connectivity index is 2.69. The molecule has 0 N–H and O–H groups in total. The fraction of sp³-hybridized carbons (Fsp3) is 0.500. The molecule has 0 aliphatic carbocycles. The molecule has 1 fully saturated rings. The lowest BCUT2D eigenvalue weighted by Crippen LogP contribution is -2.33. The molecule has 4 nitrogen and oxygen atoms in total. The largest absolute Gasteiger partial charge is 0.373 e. The van der Waals surface area contributed by atoms with Crippen molar-refractivity contribution in [1.29, 1.82) is 0 Å². The zero-order valence-electron chi connectivity index (χ0n) is 9.96. The molecule has 0 aromatic heterocycles. The van der Waals surface area contributed by atoms with E-state index in [1.54, 1.807) is 18.2 Å². The highest BCUT2D eigenvalue weighted by Gasteiger charge is 2.27. The summed E-state index contributed by atoms with van der Waals surface area (Å²) in [7, 11) is -3.41. The van der Waals surface area contributed by atoms with Gasteiger partial charge < -0.3 is 4.74 Å². The molecule has 2 atom stereocenters. The van der Waals surface area contributed by atoms with Crippen molar-refractivity contribution in [3.63, 3.8) is 0 Å². The summed E-state index contributed by atoms with van der Waals surface area (Å²) in [6.07, 6.45) is 6.81. The Morgan fingerprint density at radius 3 is 2.71 bits per heavy atom. The molecule has 0 aromatic carbocycles. The third-order valence-corrected chi connectivity index (χ3v) is 3.09. The predicted molar refractivity (Wildman–Crippen MR) is 67.2 cm³/mol. The quantitative estimate of drug-likeness (QED) is 0.557. The van der Waals surface area contributed by atoms with Crippen molar-refractivity contribution in [3.8, 4) is 0 Å². The van der Waals surface area contributed by atoms with Gasteiger partial charge >= 0.3 is 0 Å². The Kier molecular flexibility index (Phi) is 5.11. The first-order valence-electron chi connectivity index (χ1n) is 5.41. The maximum atomic E-state index is 11.1. The first-order chi connectivity index (χ1) is 7.96. The van der Waals surface area contributed by atoms with Gasteiger partial charge in [0.15, 0.2) is 0 Å². The van der Waals surface area contributed by atoms with E-state index in [4.69, 9.17) is 8.92 Å². The van der Waals surface area contributed by atoms with E-state index in [-0.39, 0.29) is 12.2 Å². The summed E-state index contributed by atoms with van der Waals surface area (Å²) in [5, 5.41) is 0. The fourth-order valence-corrected chi connectivity index (χ4v) is 2.45. The highest BCUT2D eigenvalue weighted by atomic mass is 32.2. The van der Waals surface area contributed by atoms with Crippen LogP contribution in [-0.2, 0) is 19.0 Å². The molecule has 1 heterocycles. The van der Waals surface area contributed by atoms with Crippen molar-refractivity contribution in [2.45, 2.75) is 25.0 Å². The molecule has 1 rings (SSSR count). The second-order valence-corrected chi connectivity index (χ2v) is 5.51. The van der Waals surface area contributed by atoms with Gasteiger partial charge in [0.1, 0.15) is 0 Å². The van der Waals surface area contributed by atoms with Gasteiger partial charge in [-0.15, -0.1) is 0 Å². The minimum atomic E-state index is -3.41. The first kappa shape index (κ1) is 14.2. The van der Waals surface area contributed by atoms with Crippen LogP contribution in [0.5, 0.6) is 0 Å². The van der Waals surface area contributed by atoms with Crippen molar-refractivity contribution in [2.75, 3.05) is 12.9 Å². The molecular weight excluding hydrogens is 240 g/mol. The lowest BCUT2D eigenvalue weighted by molar-refractivity contribution is -0.0128. The van der Waals surface area contributed by atoms with E-state index in [2.05, 4.69) is 13.2 Å². The average Bonchev–Trinajstić information content (AvgIpc) is 2.24. The summed E-state index contributed by atoms with van der Waals surface area (Å²) in [5.74, 6) is 0. The molecule has 17 heavy (non-hydrogen) atoms. The van der Waals surface area contributed by atoms with Crippen LogP contribution in [-0.4, -0.2) is 33.5 Å². The molecule has 0 saturated carbocycles. The molecule has 0 aromatic rings. The lowest BCUT2D eigenvalue weighted by atomic mass is 9.99. The molecular formula is C12H18O4S. The van der Waals surface area contributed by atoms with E-state index < -0.39 is 10.1 Å². The zero-order chi connectivity index (χ0) is 12.9. The highest BCUT2D eigenvalue weighted by molar-refractivity contribution is 7.86. The number of ether oxygens (including phenoxy) is 1. The topological polar surface area (TPSA) is 52.6 Å². The van der Waals surface area contributed by atoms with Crippen LogP contribution >= 0.6 is 0 Å². The van der Waals surface area contributed by atoms with Gasteiger partial charge in [0.25, 0.3) is 10.1 Å². The van der Waals surface area contributed by atoms with Gasteiger partial charge in [0.05, 0.1) is 18.5 Å². The Hall–Kier alpha value is -0.910. The molecule has 1 aliphatic rings. The van der Waals surface area contributed by atoms with Gasteiger partial charge in [0, 0.05) is 13.0 Å². The smallest absolute Gasteiger partial charge is 0.264 e. The minimum Gasteiger partial charge on any atom is -0.373 e. The van der Waals surface area contributed by atoms with E-state index in [1.165, 1.54) is 0 Å². The molecule has 2 unspecified atom stereocenters. The van der Waals surface area contributed by atoms with Crippen LogP contribution in [0.2, 0.25) is 0 Å². The SMILES string of the molecule is C=C/C=C(\C=C)C1CC(OS(C)(=O)=O)CCO1. The molecule has 96 valence electrons. The third-order valence-electron chi connectivity index (χ3n) is 2.46. The molecule has 0 radical (unpaired) electrons. The Bertz CT molecular complexity index is 408. The Morgan fingerprint density at radius 1 is 1.47 bits per heavy atom. The normalized spacial score (nSPS) is 26.5. The highest BCUT2D eigenvalue weighted by Crippen LogP contribution is 2.24. The standard InChI is InChI=1S/C12H18O4S/c1-4-6-10(5-2)12-9-11(7-8-15-12)16-17(3,13)14/h4-6,11-12H,1-2,7-9H2,3H3/b10-6+. The second-order valence-electron chi connectivity index (χ2n) is 3.91.